The van der Waals surface area contributed by atoms with Crippen LogP contribution in [0.4, 0.5) is 5.82 Å². The molecule has 0 aliphatic heterocycles. The largest absolute Gasteiger partial charge is 0.308 e. The summed E-state index contributed by atoms with van der Waals surface area (Å²) in [4.78, 5) is 3.87. The van der Waals surface area contributed by atoms with Crippen LogP contribution in [0.1, 0.15) is 11.3 Å². The van der Waals surface area contributed by atoms with Crippen LogP contribution in [0, 0.1) is 18.3 Å². The van der Waals surface area contributed by atoms with Gasteiger partial charge in [0.2, 0.25) is 0 Å². The highest BCUT2D eigenvalue weighted by Crippen LogP contribution is 2.06. The Morgan fingerprint density at radius 1 is 1.64 bits per heavy atom. The lowest BCUT2D eigenvalue weighted by atomic mass is 10.2. The van der Waals surface area contributed by atoms with Crippen molar-refractivity contribution in [2.24, 2.45) is 5.84 Å². The van der Waals surface area contributed by atoms with E-state index in [1.54, 1.807) is 12.1 Å². The molecule has 56 valence electrons. The van der Waals surface area contributed by atoms with E-state index < -0.39 is 0 Å². The Kier molecular flexibility index (Phi) is 2.04. The number of nitrogens with zero attached hydrogens (tertiary/aromatic N) is 2. The molecule has 4 heteroatoms. The molecular formula is C7H8N4. The molecule has 11 heavy (non-hydrogen) atoms. The molecule has 3 N–H and O–H groups in total. The molecule has 1 aromatic rings. The second-order valence-electron chi connectivity index (χ2n) is 2.17. The number of nitrogens with one attached hydrogen (secondary N) is 1. The number of nitrogen functional groups attached to an aromatic ring is 1. The van der Waals surface area contributed by atoms with E-state index in [-0.39, 0.29) is 0 Å². The molecule has 0 saturated carbocycles. The van der Waals surface area contributed by atoms with Gasteiger partial charge in [-0.1, -0.05) is 0 Å². The van der Waals surface area contributed by atoms with Crippen molar-refractivity contribution in [1.82, 2.24) is 4.98 Å². The van der Waals surface area contributed by atoms with Crippen LogP contribution in [-0.4, -0.2) is 4.98 Å². The fourth-order valence-corrected chi connectivity index (χ4v) is 0.799. The summed E-state index contributed by atoms with van der Waals surface area (Å²) >= 11 is 0. The first-order valence-corrected chi connectivity index (χ1v) is 3.11. The average molecular weight is 148 g/mol. The van der Waals surface area contributed by atoms with E-state index >= 15 is 0 Å². The van der Waals surface area contributed by atoms with Crippen LogP contribution in [0.15, 0.2) is 12.1 Å². The summed E-state index contributed by atoms with van der Waals surface area (Å²) in [6, 6.07) is 5.40. The smallest absolute Gasteiger partial charge is 0.143 e. The minimum atomic E-state index is 0.373. The molecule has 1 aromatic heterocycles. The van der Waals surface area contributed by atoms with Gasteiger partial charge in [-0.15, -0.1) is 0 Å². The first-order chi connectivity index (χ1) is 5.26. The second kappa shape index (κ2) is 2.99. The molecule has 0 amide bonds. The quantitative estimate of drug-likeness (QED) is 0.450. The van der Waals surface area contributed by atoms with Gasteiger partial charge in [-0.25, -0.2) is 10.8 Å². The number of aryl methyl sites for hydroxylation is 1. The minimum absolute atomic E-state index is 0.373. The molecule has 0 radical (unpaired) electrons. The summed E-state index contributed by atoms with van der Waals surface area (Å²) in [5.74, 6) is 5.64. The summed E-state index contributed by atoms with van der Waals surface area (Å²) < 4.78 is 0. The topological polar surface area (TPSA) is 74.7 Å². The third-order valence-corrected chi connectivity index (χ3v) is 1.23. The number of hydrogen-bond donors (Lipinski definition) is 2. The highest BCUT2D eigenvalue weighted by atomic mass is 15.2. The fourth-order valence-electron chi connectivity index (χ4n) is 0.799. The van der Waals surface area contributed by atoms with Crippen molar-refractivity contribution in [1.29, 1.82) is 5.26 Å². The summed E-state index contributed by atoms with van der Waals surface area (Å²) in [5, 5.41) is 8.50. The van der Waals surface area contributed by atoms with Crippen LogP contribution >= 0.6 is 0 Å². The number of hydrogen-bond acceptors (Lipinski definition) is 4. The monoisotopic (exact) mass is 148 g/mol. The van der Waals surface area contributed by atoms with Crippen molar-refractivity contribution in [3.63, 3.8) is 0 Å². The average Bonchev–Trinajstić information content (AvgIpc) is 2.03. The van der Waals surface area contributed by atoms with E-state index in [1.165, 1.54) is 0 Å². The predicted molar refractivity (Wildman–Crippen MR) is 41.5 cm³/mol. The van der Waals surface area contributed by atoms with Crippen LogP contribution in [0.3, 0.4) is 0 Å². The number of rotatable bonds is 1. The molecule has 1 heterocycles. The third kappa shape index (κ3) is 1.66. The molecule has 0 aliphatic rings. The van der Waals surface area contributed by atoms with E-state index in [0.717, 1.165) is 5.56 Å². The van der Waals surface area contributed by atoms with Crippen molar-refractivity contribution >= 4 is 5.82 Å². The normalized spacial score (nSPS) is 8.82. The molecular weight excluding hydrogens is 140 g/mol. The van der Waals surface area contributed by atoms with E-state index in [0.29, 0.717) is 11.5 Å². The van der Waals surface area contributed by atoms with Gasteiger partial charge in [-0.2, -0.15) is 5.26 Å². The lowest BCUT2D eigenvalue weighted by Crippen LogP contribution is -2.09. The molecule has 0 aromatic carbocycles. The number of anilines is 1. The van der Waals surface area contributed by atoms with Crippen molar-refractivity contribution in [2.45, 2.75) is 6.92 Å². The lowest BCUT2D eigenvalue weighted by molar-refractivity contribution is 1.18. The Hall–Kier alpha value is -1.60. The van der Waals surface area contributed by atoms with Crippen LogP contribution < -0.4 is 11.3 Å². The van der Waals surface area contributed by atoms with Crippen LogP contribution in [0.25, 0.3) is 0 Å². The van der Waals surface area contributed by atoms with Crippen molar-refractivity contribution in [3.8, 4) is 6.07 Å². The summed E-state index contributed by atoms with van der Waals surface area (Å²) in [5.41, 5.74) is 3.72. The van der Waals surface area contributed by atoms with Crippen molar-refractivity contribution in [3.05, 3.63) is 23.4 Å². The van der Waals surface area contributed by atoms with E-state index in [9.17, 15) is 0 Å². The van der Waals surface area contributed by atoms with Gasteiger partial charge in [0, 0.05) is 0 Å². The number of hydrazine groups is 1. The zero-order valence-corrected chi connectivity index (χ0v) is 6.13. The van der Waals surface area contributed by atoms with E-state index in [1.807, 2.05) is 13.0 Å². The highest BCUT2D eigenvalue weighted by Gasteiger charge is 1.96. The van der Waals surface area contributed by atoms with Crippen molar-refractivity contribution < 1.29 is 0 Å². The molecule has 0 spiro atoms. The van der Waals surface area contributed by atoms with E-state index in [2.05, 4.69) is 10.4 Å². The van der Waals surface area contributed by atoms with Crippen LogP contribution in [0.5, 0.6) is 0 Å². The predicted octanol–water partition coefficient (Wildman–Crippen LogP) is 0.547. The molecule has 0 saturated heterocycles. The van der Waals surface area contributed by atoms with Crippen LogP contribution in [0.2, 0.25) is 0 Å². The summed E-state index contributed by atoms with van der Waals surface area (Å²) in [7, 11) is 0. The van der Waals surface area contributed by atoms with Gasteiger partial charge in [0.25, 0.3) is 0 Å². The maximum Gasteiger partial charge on any atom is 0.143 e. The SMILES string of the molecule is Cc1cc(C#N)nc(NN)c1. The van der Waals surface area contributed by atoms with Crippen LogP contribution in [-0.2, 0) is 0 Å². The summed E-state index contributed by atoms with van der Waals surface area (Å²) in [6.45, 7) is 1.88. The Morgan fingerprint density at radius 3 is 2.91 bits per heavy atom. The minimum Gasteiger partial charge on any atom is -0.308 e. The lowest BCUT2D eigenvalue weighted by Gasteiger charge is -1.99. The Labute approximate surface area is 64.6 Å². The molecule has 4 nitrogen and oxygen atoms in total. The van der Waals surface area contributed by atoms with Gasteiger partial charge >= 0.3 is 0 Å². The zero-order chi connectivity index (χ0) is 8.27. The number of pyridine rings is 1. The Bertz CT molecular complexity index is 300. The maximum atomic E-state index is 8.50. The first kappa shape index (κ1) is 7.51. The van der Waals surface area contributed by atoms with Gasteiger partial charge < -0.3 is 5.43 Å². The standard InChI is InChI=1S/C7H8N4/c1-5-2-6(4-8)10-7(3-5)11-9/h2-3H,9H2,1H3,(H,10,11). The van der Waals surface area contributed by atoms with E-state index in [4.69, 9.17) is 11.1 Å². The van der Waals surface area contributed by atoms with Gasteiger partial charge in [0.15, 0.2) is 0 Å². The van der Waals surface area contributed by atoms with Gasteiger partial charge in [0.05, 0.1) is 0 Å². The molecule has 0 unspecified atom stereocenters. The number of nitriles is 1. The Morgan fingerprint density at radius 2 is 2.36 bits per heavy atom. The summed E-state index contributed by atoms with van der Waals surface area (Å²) in [6.07, 6.45) is 0. The fraction of sp³-hybridized carbons (Fsp3) is 0.143. The Balaban J connectivity index is 3.15. The molecule has 0 bridgehead atoms. The van der Waals surface area contributed by atoms with Gasteiger partial charge in [-0.3, -0.25) is 0 Å². The first-order valence-electron chi connectivity index (χ1n) is 3.11. The number of aromatic nitrogens is 1. The van der Waals surface area contributed by atoms with Gasteiger partial charge in [0.1, 0.15) is 17.6 Å². The molecule has 1 rings (SSSR count). The molecule has 0 fully saturated rings. The zero-order valence-electron chi connectivity index (χ0n) is 6.13. The third-order valence-electron chi connectivity index (χ3n) is 1.23. The maximum absolute atomic E-state index is 8.50. The molecule has 0 aliphatic carbocycles. The number of nitrogens with two attached hydrogens (primary N) is 1. The van der Waals surface area contributed by atoms with Gasteiger partial charge in [-0.05, 0) is 24.6 Å². The second-order valence-corrected chi connectivity index (χ2v) is 2.17. The highest BCUT2D eigenvalue weighted by molar-refractivity contribution is 5.40. The molecule has 0 atom stereocenters. The van der Waals surface area contributed by atoms with Crippen molar-refractivity contribution in [2.75, 3.05) is 5.43 Å².